The lowest BCUT2D eigenvalue weighted by atomic mass is 10.0. The highest BCUT2D eigenvalue weighted by atomic mass is 32.2. The van der Waals surface area contributed by atoms with E-state index in [1.807, 2.05) is 48.7 Å². The highest BCUT2D eigenvalue weighted by Crippen LogP contribution is 2.39. The largest absolute Gasteiger partial charge is 0.383 e. The normalized spacial score (nSPS) is 16.2. The van der Waals surface area contributed by atoms with Crippen molar-refractivity contribution in [2.24, 2.45) is 0 Å². The van der Waals surface area contributed by atoms with Crippen LogP contribution in [0.2, 0.25) is 0 Å². The SMILES string of the molecule is CSc1c(N(C2CC2)C2CCN(n3c(-c4cccnc4N)nc4ccc(-c5ccccc5)nc43)CC2)c(=O)c1=O. The lowest BCUT2D eigenvalue weighted by molar-refractivity contribution is 0.412. The molecule has 1 saturated heterocycles. The number of benzene rings is 1. The van der Waals surface area contributed by atoms with Crippen LogP contribution in [0.4, 0.5) is 11.5 Å². The van der Waals surface area contributed by atoms with E-state index in [-0.39, 0.29) is 16.9 Å². The maximum Gasteiger partial charge on any atom is 0.251 e. The first-order valence-electron chi connectivity index (χ1n) is 13.6. The summed E-state index contributed by atoms with van der Waals surface area (Å²) < 4.78 is 2.09. The Hall–Kier alpha value is -4.18. The molecule has 3 aromatic heterocycles. The fourth-order valence-electron chi connectivity index (χ4n) is 5.89. The van der Waals surface area contributed by atoms with Crippen LogP contribution >= 0.6 is 11.8 Å². The van der Waals surface area contributed by atoms with E-state index in [0.717, 1.165) is 66.8 Å². The molecule has 4 heterocycles. The van der Waals surface area contributed by atoms with Crippen molar-refractivity contribution in [1.82, 2.24) is 19.6 Å². The minimum Gasteiger partial charge on any atom is -0.383 e. The molecule has 10 heteroatoms. The van der Waals surface area contributed by atoms with Crippen LogP contribution in [0.25, 0.3) is 33.8 Å². The molecule has 1 aliphatic heterocycles. The zero-order chi connectivity index (χ0) is 27.4. The van der Waals surface area contributed by atoms with E-state index in [0.29, 0.717) is 28.3 Å². The van der Waals surface area contributed by atoms with E-state index in [1.165, 1.54) is 11.8 Å². The number of anilines is 2. The lowest BCUT2D eigenvalue weighted by Crippen LogP contribution is -2.53. The molecule has 202 valence electrons. The Balaban J connectivity index is 1.26. The summed E-state index contributed by atoms with van der Waals surface area (Å²) in [4.78, 5) is 42.1. The number of aromatic nitrogens is 4. The van der Waals surface area contributed by atoms with E-state index in [2.05, 4.69) is 31.7 Å². The van der Waals surface area contributed by atoms with Crippen LogP contribution in [-0.4, -0.2) is 51.1 Å². The van der Waals surface area contributed by atoms with Gasteiger partial charge >= 0.3 is 0 Å². The minimum atomic E-state index is -0.338. The van der Waals surface area contributed by atoms with Gasteiger partial charge in [-0.1, -0.05) is 30.3 Å². The average molecular weight is 552 g/mol. The first-order chi connectivity index (χ1) is 19.5. The highest BCUT2D eigenvalue weighted by molar-refractivity contribution is 7.98. The number of nitrogen functional groups attached to an aromatic ring is 1. The van der Waals surface area contributed by atoms with Crippen LogP contribution in [0.3, 0.4) is 0 Å². The second kappa shape index (κ2) is 9.78. The quantitative estimate of drug-likeness (QED) is 0.238. The Morgan fingerprint density at radius 2 is 1.65 bits per heavy atom. The third-order valence-electron chi connectivity index (χ3n) is 7.99. The summed E-state index contributed by atoms with van der Waals surface area (Å²) in [5, 5.41) is 2.28. The Labute approximate surface area is 235 Å². The molecule has 0 atom stereocenters. The van der Waals surface area contributed by atoms with Gasteiger partial charge in [0, 0.05) is 36.9 Å². The number of imidazole rings is 1. The van der Waals surface area contributed by atoms with Crippen molar-refractivity contribution in [2.45, 2.75) is 42.7 Å². The molecule has 0 amide bonds. The lowest BCUT2D eigenvalue weighted by Gasteiger charge is -2.41. The summed E-state index contributed by atoms with van der Waals surface area (Å²) in [6.45, 7) is 1.49. The van der Waals surface area contributed by atoms with Gasteiger partial charge in [0.1, 0.15) is 17.0 Å². The van der Waals surface area contributed by atoms with E-state index in [1.54, 1.807) is 6.20 Å². The molecule has 0 unspecified atom stereocenters. The summed E-state index contributed by atoms with van der Waals surface area (Å²) in [6.07, 6.45) is 7.39. The van der Waals surface area contributed by atoms with Gasteiger partial charge in [-0.3, -0.25) is 9.59 Å². The van der Waals surface area contributed by atoms with Crippen molar-refractivity contribution in [2.75, 3.05) is 35.0 Å². The molecule has 9 nitrogen and oxygen atoms in total. The van der Waals surface area contributed by atoms with Crippen molar-refractivity contribution < 1.29 is 0 Å². The molecular formula is C30H29N7O2S. The van der Waals surface area contributed by atoms with Crippen LogP contribution in [0.1, 0.15) is 25.7 Å². The summed E-state index contributed by atoms with van der Waals surface area (Å²) in [7, 11) is 0. The van der Waals surface area contributed by atoms with Gasteiger partial charge in [-0.15, -0.1) is 11.8 Å². The Morgan fingerprint density at radius 1 is 0.900 bits per heavy atom. The van der Waals surface area contributed by atoms with Gasteiger partial charge in [-0.05, 0) is 56.2 Å². The first kappa shape index (κ1) is 24.8. The third-order valence-corrected chi connectivity index (χ3v) is 8.78. The first-order valence-corrected chi connectivity index (χ1v) is 14.8. The van der Waals surface area contributed by atoms with Gasteiger partial charge in [-0.2, -0.15) is 0 Å². The topological polar surface area (TPSA) is 110 Å². The Morgan fingerprint density at radius 3 is 2.35 bits per heavy atom. The van der Waals surface area contributed by atoms with Gasteiger partial charge in [-0.25, -0.2) is 19.6 Å². The number of fused-ring (bicyclic) bond motifs is 1. The Kier molecular flexibility index (Phi) is 6.07. The number of rotatable bonds is 7. The minimum absolute atomic E-state index is 0.201. The van der Waals surface area contributed by atoms with Crippen molar-refractivity contribution in [3.8, 4) is 22.6 Å². The second-order valence-electron chi connectivity index (χ2n) is 10.5. The van der Waals surface area contributed by atoms with Crippen molar-refractivity contribution in [3.63, 3.8) is 0 Å². The predicted molar refractivity (Wildman–Crippen MR) is 160 cm³/mol. The maximum absolute atomic E-state index is 12.6. The Bertz CT molecular complexity index is 1780. The fraction of sp³-hybridized carbons (Fsp3) is 0.300. The zero-order valence-corrected chi connectivity index (χ0v) is 23.0. The van der Waals surface area contributed by atoms with Crippen LogP contribution in [0, 0.1) is 0 Å². The molecule has 2 N–H and O–H groups in total. The van der Waals surface area contributed by atoms with Crippen LogP contribution in [-0.2, 0) is 0 Å². The van der Waals surface area contributed by atoms with E-state index >= 15 is 0 Å². The number of hydrogen-bond donors (Lipinski definition) is 1. The van der Waals surface area contributed by atoms with Gasteiger partial charge in [0.05, 0.1) is 16.2 Å². The molecule has 40 heavy (non-hydrogen) atoms. The van der Waals surface area contributed by atoms with Crippen LogP contribution in [0.15, 0.2) is 75.3 Å². The van der Waals surface area contributed by atoms with E-state index in [9.17, 15) is 9.59 Å². The molecule has 0 radical (unpaired) electrons. The molecule has 2 aliphatic rings. The summed E-state index contributed by atoms with van der Waals surface area (Å²) in [5.41, 5.74) is 10.5. The summed E-state index contributed by atoms with van der Waals surface area (Å²) in [5.74, 6) is 1.13. The van der Waals surface area contributed by atoms with Crippen LogP contribution in [0.5, 0.6) is 0 Å². The van der Waals surface area contributed by atoms with Gasteiger partial charge in [0.2, 0.25) is 5.43 Å². The maximum atomic E-state index is 12.6. The van der Waals surface area contributed by atoms with Crippen LogP contribution < -0.4 is 26.5 Å². The summed E-state index contributed by atoms with van der Waals surface area (Å²) >= 11 is 1.39. The molecule has 1 saturated carbocycles. The summed E-state index contributed by atoms with van der Waals surface area (Å²) in [6, 6.07) is 18.5. The molecule has 1 aliphatic carbocycles. The zero-order valence-electron chi connectivity index (χ0n) is 22.2. The third kappa shape index (κ3) is 4.05. The molecule has 0 spiro atoms. The molecule has 2 fully saturated rings. The van der Waals surface area contributed by atoms with Crippen molar-refractivity contribution in [3.05, 3.63) is 81.2 Å². The number of pyridine rings is 2. The van der Waals surface area contributed by atoms with Gasteiger partial charge in [0.25, 0.3) is 5.43 Å². The number of piperidine rings is 1. The number of hydrogen-bond acceptors (Lipinski definition) is 9. The monoisotopic (exact) mass is 551 g/mol. The number of thioether (sulfide) groups is 1. The highest BCUT2D eigenvalue weighted by Gasteiger charge is 2.41. The fourth-order valence-corrected chi connectivity index (χ4v) is 6.56. The molecular weight excluding hydrogens is 522 g/mol. The smallest absolute Gasteiger partial charge is 0.251 e. The predicted octanol–water partition coefficient (Wildman–Crippen LogP) is 3.83. The number of nitrogens with two attached hydrogens (primary N) is 1. The molecule has 0 bridgehead atoms. The van der Waals surface area contributed by atoms with Crippen molar-refractivity contribution >= 4 is 34.4 Å². The van der Waals surface area contributed by atoms with Gasteiger partial charge in [0.15, 0.2) is 11.5 Å². The number of nitrogens with zero attached hydrogens (tertiary/aromatic N) is 6. The second-order valence-corrected chi connectivity index (χ2v) is 11.3. The van der Waals surface area contributed by atoms with Crippen molar-refractivity contribution in [1.29, 1.82) is 0 Å². The molecule has 7 rings (SSSR count). The standard InChI is InChI=1S/C30H29N7O2S/c1-40-27-24(25(38)26(27)39)36(19-9-10-19)20-13-16-35(17-14-20)37-29(21-8-5-15-32-28(21)31)34-23-12-11-22(33-30(23)37)18-6-3-2-4-7-18/h2-8,11-12,15,19-20H,9-10,13-14,16-17H2,1H3,(H2,31,32). The molecule has 2 aromatic carbocycles. The average Bonchev–Trinajstić information content (AvgIpc) is 3.77. The van der Waals surface area contributed by atoms with E-state index < -0.39 is 0 Å². The van der Waals surface area contributed by atoms with E-state index in [4.69, 9.17) is 15.7 Å². The molecule has 5 aromatic rings. The van der Waals surface area contributed by atoms with Gasteiger partial charge < -0.3 is 15.6 Å².